The number of aromatic nitrogens is 2. The fourth-order valence-corrected chi connectivity index (χ4v) is 6.58. The highest BCUT2D eigenvalue weighted by Gasteiger charge is 2.34. The second-order valence-electron chi connectivity index (χ2n) is 12.9. The van der Waals surface area contributed by atoms with E-state index in [9.17, 15) is 39.0 Å². The highest BCUT2D eigenvalue weighted by Crippen LogP contribution is 2.14. The lowest BCUT2D eigenvalue weighted by atomic mass is 10.0. The van der Waals surface area contributed by atoms with E-state index in [2.05, 4.69) is 36.6 Å². The van der Waals surface area contributed by atoms with Gasteiger partial charge in [-0.3, -0.25) is 24.0 Å². The Labute approximate surface area is 328 Å². The average Bonchev–Trinajstić information content (AvgIpc) is 3.65. The molecular weight excluding hydrogens is 757 g/mol. The molecule has 0 bridgehead atoms. The summed E-state index contributed by atoms with van der Waals surface area (Å²) in [5.74, 6) is -3.31. The fraction of sp³-hybridized carbons (Fsp3) is 0.571. The van der Waals surface area contributed by atoms with Crippen molar-refractivity contribution < 1.29 is 39.0 Å². The number of aliphatic carboxylic acids is 1. The number of nitrogens with two attached hydrogens (primary N) is 1. The number of thioether (sulfide) groups is 3. The second kappa shape index (κ2) is 24.5. The summed E-state index contributed by atoms with van der Waals surface area (Å²) in [5, 5.41) is 32.9. The van der Waals surface area contributed by atoms with Gasteiger partial charge in [-0.25, -0.2) is 9.78 Å². The summed E-state index contributed by atoms with van der Waals surface area (Å²) >= 11 is 4.40. The Morgan fingerprint density at radius 1 is 0.704 bits per heavy atom. The summed E-state index contributed by atoms with van der Waals surface area (Å²) in [6.07, 6.45) is 9.19. The van der Waals surface area contributed by atoms with E-state index in [-0.39, 0.29) is 31.4 Å². The van der Waals surface area contributed by atoms with Gasteiger partial charge in [-0.15, -0.1) is 0 Å². The van der Waals surface area contributed by atoms with Gasteiger partial charge in [-0.1, -0.05) is 26.0 Å². The zero-order valence-electron chi connectivity index (χ0n) is 31.3. The standard InChI is InChI=1S/C35H54N8O8S3/c1-20(2)29(34(49)40-26(35(50)51)12-15-54-5)43-31(46)25(11-14-53-4)39-32(47)27(16-21-6-8-23(44)9-7-21)42-33(48)28(17-22-18-37-19-38-22)41-30(45)24(36)10-13-52-3/h6-9,18-20,24-29,44H,10-17,36H2,1-5H3,(H,37,38)(H,39,47)(H,40,49)(H,41,45)(H,42,48)(H,43,46)(H,50,51)/t24-,25-,26+,27-,28-,29-/m0/s1. The lowest BCUT2D eigenvalue weighted by Gasteiger charge is -2.28. The van der Waals surface area contributed by atoms with Gasteiger partial charge in [-0.05, 0) is 78.9 Å². The molecule has 6 atom stereocenters. The molecule has 300 valence electrons. The lowest BCUT2D eigenvalue weighted by Crippen LogP contribution is -2.60. The van der Waals surface area contributed by atoms with Crippen LogP contribution in [0.3, 0.4) is 0 Å². The minimum absolute atomic E-state index is 0.000375. The highest BCUT2D eigenvalue weighted by atomic mass is 32.2. The summed E-state index contributed by atoms with van der Waals surface area (Å²) in [4.78, 5) is 86.7. The maximum atomic E-state index is 14.1. The Bertz CT molecular complexity index is 1500. The number of nitrogens with zero attached hydrogens (tertiary/aromatic N) is 1. The Balaban J connectivity index is 2.37. The molecule has 0 fully saturated rings. The fourth-order valence-electron chi connectivity index (χ4n) is 5.15. The Hall–Kier alpha value is -3.94. The number of carbonyl (C=O) groups is 6. The molecule has 54 heavy (non-hydrogen) atoms. The third-order valence-electron chi connectivity index (χ3n) is 8.31. The first-order valence-corrected chi connectivity index (χ1v) is 21.6. The number of rotatable bonds is 25. The summed E-state index contributed by atoms with van der Waals surface area (Å²) in [6.45, 7) is 3.41. The number of aromatic hydroxyl groups is 1. The average molecular weight is 811 g/mol. The molecule has 0 aliphatic rings. The van der Waals surface area contributed by atoms with Gasteiger partial charge in [0.25, 0.3) is 0 Å². The molecule has 0 spiro atoms. The van der Waals surface area contributed by atoms with Gasteiger partial charge in [0.05, 0.1) is 12.4 Å². The van der Waals surface area contributed by atoms with Gasteiger partial charge in [0, 0.05) is 24.7 Å². The molecule has 1 heterocycles. The number of carboxylic acids is 1. The largest absolute Gasteiger partial charge is 0.508 e. The van der Waals surface area contributed by atoms with Gasteiger partial charge < -0.3 is 47.5 Å². The maximum absolute atomic E-state index is 14.1. The van der Waals surface area contributed by atoms with Crippen LogP contribution < -0.4 is 32.3 Å². The predicted molar refractivity (Wildman–Crippen MR) is 213 cm³/mol. The molecule has 1 aromatic carbocycles. The Morgan fingerprint density at radius 3 is 1.74 bits per heavy atom. The third kappa shape index (κ3) is 16.2. The number of hydrogen-bond donors (Lipinski definition) is 9. The smallest absolute Gasteiger partial charge is 0.326 e. The van der Waals surface area contributed by atoms with Crippen LogP contribution in [0.4, 0.5) is 0 Å². The van der Waals surface area contributed by atoms with Crippen LogP contribution in [-0.2, 0) is 41.6 Å². The van der Waals surface area contributed by atoms with Crippen molar-refractivity contribution in [1.29, 1.82) is 0 Å². The molecule has 0 unspecified atom stereocenters. The van der Waals surface area contributed by atoms with Crippen molar-refractivity contribution >= 4 is 70.8 Å². The van der Waals surface area contributed by atoms with Crippen LogP contribution >= 0.6 is 35.3 Å². The van der Waals surface area contributed by atoms with Crippen molar-refractivity contribution in [2.24, 2.45) is 11.7 Å². The molecular formula is C35H54N8O8S3. The van der Waals surface area contributed by atoms with Gasteiger partial charge in [0.2, 0.25) is 29.5 Å². The van der Waals surface area contributed by atoms with Crippen molar-refractivity contribution in [2.75, 3.05) is 36.0 Å². The number of hydrogen-bond acceptors (Lipinski definition) is 12. The molecule has 5 amide bonds. The minimum Gasteiger partial charge on any atom is -0.508 e. The third-order valence-corrected chi connectivity index (χ3v) is 10.2. The Morgan fingerprint density at radius 2 is 1.20 bits per heavy atom. The zero-order chi connectivity index (χ0) is 40.2. The number of carbonyl (C=O) groups excluding carboxylic acids is 5. The topological polar surface area (TPSA) is 258 Å². The number of carboxylic acid groups (broad SMARTS) is 1. The van der Waals surface area contributed by atoms with Gasteiger partial charge in [0.1, 0.15) is 36.0 Å². The van der Waals surface area contributed by atoms with E-state index in [4.69, 9.17) is 5.73 Å². The van der Waals surface area contributed by atoms with Crippen molar-refractivity contribution in [2.45, 2.75) is 82.2 Å². The van der Waals surface area contributed by atoms with Crippen molar-refractivity contribution in [3.05, 3.63) is 48.0 Å². The molecule has 0 aliphatic heterocycles. The molecule has 19 heteroatoms. The predicted octanol–water partition coefficient (Wildman–Crippen LogP) is 0.652. The van der Waals surface area contributed by atoms with Gasteiger partial charge >= 0.3 is 5.97 Å². The highest BCUT2D eigenvalue weighted by molar-refractivity contribution is 7.98. The molecule has 0 saturated heterocycles. The maximum Gasteiger partial charge on any atom is 0.326 e. The number of nitrogens with one attached hydrogen (secondary N) is 6. The van der Waals surface area contributed by atoms with E-state index in [1.54, 1.807) is 26.0 Å². The van der Waals surface area contributed by atoms with Crippen molar-refractivity contribution in [1.82, 2.24) is 36.6 Å². The van der Waals surface area contributed by atoms with Crippen molar-refractivity contribution in [3.63, 3.8) is 0 Å². The first kappa shape index (κ1) is 46.2. The van der Waals surface area contributed by atoms with E-state index in [0.717, 1.165) is 0 Å². The van der Waals surface area contributed by atoms with Crippen LogP contribution in [0.15, 0.2) is 36.8 Å². The molecule has 1 aromatic heterocycles. The number of imidazole rings is 1. The quantitative estimate of drug-likeness (QED) is 0.0669. The summed E-state index contributed by atoms with van der Waals surface area (Å²) < 4.78 is 0. The van der Waals surface area contributed by atoms with Crippen LogP contribution in [0, 0.1) is 5.92 Å². The number of phenols is 1. The monoisotopic (exact) mass is 810 g/mol. The summed E-state index contributed by atoms with van der Waals surface area (Å²) in [7, 11) is 0. The first-order valence-electron chi connectivity index (χ1n) is 17.4. The minimum atomic E-state index is -1.25. The van der Waals surface area contributed by atoms with Crippen LogP contribution in [0.25, 0.3) is 0 Å². The Kier molecular flexibility index (Phi) is 20.9. The molecule has 2 rings (SSSR count). The van der Waals surface area contributed by atoms with Crippen LogP contribution in [0.2, 0.25) is 0 Å². The van der Waals surface area contributed by atoms with E-state index in [1.165, 1.54) is 59.9 Å². The zero-order valence-corrected chi connectivity index (χ0v) is 33.7. The number of H-pyrrole nitrogens is 1. The lowest BCUT2D eigenvalue weighted by molar-refractivity contribution is -0.142. The van der Waals surface area contributed by atoms with E-state index in [0.29, 0.717) is 34.9 Å². The van der Waals surface area contributed by atoms with E-state index in [1.807, 2.05) is 18.8 Å². The van der Waals surface area contributed by atoms with E-state index >= 15 is 0 Å². The molecule has 0 saturated carbocycles. The molecule has 16 nitrogen and oxygen atoms in total. The van der Waals surface area contributed by atoms with Crippen LogP contribution in [0.5, 0.6) is 5.75 Å². The molecule has 2 aromatic rings. The van der Waals surface area contributed by atoms with E-state index < -0.39 is 77.7 Å². The SMILES string of the molecule is CSCC[C@H](NC(=O)[C@H](Cc1ccc(O)cc1)NC(=O)[C@H](Cc1cnc[nH]1)NC(=O)[C@@H](N)CCSC)C(=O)N[C@H](C(=O)N[C@H](CCSC)C(=O)O)C(C)C. The summed E-state index contributed by atoms with van der Waals surface area (Å²) in [5.41, 5.74) is 7.21. The van der Waals surface area contributed by atoms with Gasteiger partial charge in [0.15, 0.2) is 0 Å². The number of benzene rings is 1. The normalized spacial score (nSPS) is 14.5. The second-order valence-corrected chi connectivity index (χ2v) is 15.9. The number of phenolic OH excluding ortho intramolecular Hbond substituents is 1. The molecule has 0 radical (unpaired) electrons. The van der Waals surface area contributed by atoms with Crippen molar-refractivity contribution in [3.8, 4) is 5.75 Å². The number of amides is 5. The molecule has 0 aliphatic carbocycles. The summed E-state index contributed by atoms with van der Waals surface area (Å²) in [6, 6.07) is -0.626. The van der Waals surface area contributed by atoms with Gasteiger partial charge in [-0.2, -0.15) is 35.3 Å². The first-order chi connectivity index (χ1) is 25.7. The molecule has 10 N–H and O–H groups in total. The van der Waals surface area contributed by atoms with Crippen LogP contribution in [-0.4, -0.2) is 128 Å². The van der Waals surface area contributed by atoms with Crippen LogP contribution in [0.1, 0.15) is 44.4 Å². The number of aromatic amines is 1.